The smallest absolute Gasteiger partial charge is 0.00734 e. The summed E-state index contributed by atoms with van der Waals surface area (Å²) in [5.41, 5.74) is 0. The van der Waals surface area contributed by atoms with Gasteiger partial charge in [0.15, 0.2) is 0 Å². The van der Waals surface area contributed by atoms with Gasteiger partial charge in [0.2, 0.25) is 0 Å². The molecule has 70 valence electrons. The Hall–Kier alpha value is 1.10. The van der Waals surface area contributed by atoms with E-state index >= 15 is 0 Å². The van der Waals surface area contributed by atoms with Crippen LogP contribution in [0.4, 0.5) is 0 Å². The quantitative estimate of drug-likeness (QED) is 0.360. The van der Waals surface area contributed by atoms with E-state index in [2.05, 4.69) is 69.6 Å². The van der Waals surface area contributed by atoms with Gasteiger partial charge in [-0.25, -0.2) is 0 Å². The van der Waals surface area contributed by atoms with Crippen LogP contribution in [0.5, 0.6) is 0 Å². The average molecular weight is 203 g/mol. The molecule has 0 saturated heterocycles. The Morgan fingerprint density at radius 3 is 1.06 bits per heavy atom. The monoisotopic (exact) mass is 206 g/mol. The highest BCUT2D eigenvalue weighted by molar-refractivity contribution is 8.08. The van der Waals surface area contributed by atoms with Crippen molar-refractivity contribution in [3.8, 4) is 0 Å². The molecule has 0 nitrogen and oxygen atoms in total. The zero-order chi connectivity index (χ0) is 13.7. The Kier molecular flexibility index (Phi) is 8.85. The minimum absolute atomic E-state index is 0.808. The van der Waals surface area contributed by atoms with Gasteiger partial charge < -0.3 is 0 Å². The first-order chi connectivity index (χ1) is 7.68. The molecule has 0 spiro atoms. The molecule has 0 atom stereocenters. The molecule has 0 aromatic carbocycles. The summed E-state index contributed by atoms with van der Waals surface area (Å²) < 4.78 is 0. The summed E-state index contributed by atoms with van der Waals surface area (Å²) in [5.74, 6) is 0. The minimum Gasteiger partial charge on any atom is 0.00734 e. The van der Waals surface area contributed by atoms with Crippen molar-refractivity contribution in [3.05, 3.63) is 0 Å². The summed E-state index contributed by atoms with van der Waals surface area (Å²) in [5, 5.41) is 0. The van der Waals surface area contributed by atoms with Gasteiger partial charge in [0.25, 0.3) is 0 Å². The molecule has 0 aliphatic carbocycles. The fraction of sp³-hybridized carbons (Fsp3) is 0. The molecule has 0 fully saturated rings. The highest BCUT2D eigenvalue weighted by Gasteiger charge is 2.35. The lowest BCUT2D eigenvalue weighted by Gasteiger charge is -2.30. The summed E-state index contributed by atoms with van der Waals surface area (Å²) in [6, 6.07) is 0. The average Bonchev–Trinajstić information content (AvgIpc) is 2.15. The van der Waals surface area contributed by atoms with E-state index in [1.807, 2.05) is 0 Å². The third-order valence-corrected chi connectivity index (χ3v) is 4.84. The summed E-state index contributed by atoms with van der Waals surface area (Å²) in [6.45, 7) is 0. The van der Waals surface area contributed by atoms with Crippen LogP contribution in [0.25, 0.3) is 0 Å². The van der Waals surface area contributed by atoms with Crippen LogP contribution in [-0.2, 0) is 0 Å². The maximum absolute atomic E-state index is 2.45. The zero-order valence-corrected chi connectivity index (χ0v) is 13.7. The first kappa shape index (κ1) is 18.1. The van der Waals surface area contributed by atoms with Gasteiger partial charge in [-0.2, -0.15) is 0 Å². The molecule has 0 aliphatic rings. The van der Waals surface area contributed by atoms with Gasteiger partial charge >= 0.3 is 0 Å². The first-order valence-electron chi connectivity index (χ1n) is 7.68. The van der Waals surface area contributed by atoms with Crippen molar-refractivity contribution in [1.82, 2.24) is 0 Å². The normalized spacial score (nSPS) is 8.94. The van der Waals surface area contributed by atoms with Crippen molar-refractivity contribution >= 4 is 121 Å². The van der Waals surface area contributed by atoms with E-state index in [9.17, 15) is 0 Å². The van der Waals surface area contributed by atoms with Gasteiger partial charge in [-0.05, 0) is 0 Å². The number of hydrogen-bond donors (Lipinski definition) is 0. The minimum atomic E-state index is 0.808. The van der Waals surface area contributed by atoms with Crippen molar-refractivity contribution in [2.45, 2.75) is 0 Å². The van der Waals surface area contributed by atoms with Crippen molar-refractivity contribution in [3.63, 3.8) is 0 Å². The summed E-state index contributed by atoms with van der Waals surface area (Å²) in [4.78, 5) is 0. The molecule has 0 N–H and O–H groups in total. The third-order valence-electron chi connectivity index (χ3n) is 4.84. The van der Waals surface area contributed by atoms with Gasteiger partial charge in [0, 0.05) is 51.8 Å². The van der Waals surface area contributed by atoms with Crippen LogP contribution >= 0.6 is 0 Å². The van der Waals surface area contributed by atoms with Crippen molar-refractivity contribution in [1.29, 1.82) is 0 Å². The Labute approximate surface area is 121 Å². The van der Waals surface area contributed by atoms with E-state index in [0.717, 1.165) is 44.7 Å². The van der Waals surface area contributed by atoms with Crippen LogP contribution in [0.15, 0.2) is 0 Å². The second-order valence-corrected chi connectivity index (χ2v) is 7.40. The lowest BCUT2D eigenvalue weighted by molar-refractivity contribution is 3.44. The summed E-state index contributed by atoms with van der Waals surface area (Å²) >= 11 is 0. The molecular formula is H19B17. The maximum Gasteiger partial charge on any atom is 0.0552 e. The molecule has 0 heterocycles. The molecular weight excluding hydrogens is 184 g/mol. The summed E-state index contributed by atoms with van der Waals surface area (Å²) in [7, 11) is 23.0. The van der Waals surface area contributed by atoms with Crippen LogP contribution < -0.4 is 0 Å². The molecule has 0 saturated carbocycles. The van der Waals surface area contributed by atoms with Crippen LogP contribution in [0.1, 0.15) is 0 Å². The van der Waals surface area contributed by atoms with Gasteiger partial charge in [-0.15, -0.1) is 0 Å². The molecule has 0 aromatic heterocycles. The maximum atomic E-state index is 2.45. The largest absolute Gasteiger partial charge is 0.0552 e. The zero-order valence-electron chi connectivity index (χ0n) is 13.7. The highest BCUT2D eigenvalue weighted by Crippen LogP contribution is 1.95. The topological polar surface area (TPSA) is 0 Å². The summed E-state index contributed by atoms with van der Waals surface area (Å²) in [6.07, 6.45) is 5.85. The Bertz CT molecular complexity index is 180. The van der Waals surface area contributed by atoms with Crippen LogP contribution in [0.3, 0.4) is 0 Å². The predicted octanol–water partition coefficient (Wildman–Crippen LogP) is -11.6. The predicted molar refractivity (Wildman–Crippen MR) is 124 cm³/mol. The van der Waals surface area contributed by atoms with E-state index in [0.29, 0.717) is 0 Å². The van der Waals surface area contributed by atoms with Crippen LogP contribution in [0, 0.1) is 0 Å². The standard InChI is InChI=1S/B17H19/c1-11(2)15(9)17(14(7)8)10-16(12(3)4)13(5)6/h10H,1-9H2. The van der Waals surface area contributed by atoms with Crippen LogP contribution in [0.2, 0.25) is 0 Å². The Morgan fingerprint density at radius 1 is 0.471 bits per heavy atom. The van der Waals surface area contributed by atoms with Gasteiger partial charge in [0.05, 0.1) is 69.6 Å². The van der Waals surface area contributed by atoms with Gasteiger partial charge in [0.1, 0.15) is 0 Å². The molecule has 0 aromatic rings. The van der Waals surface area contributed by atoms with Crippen molar-refractivity contribution in [2.24, 2.45) is 0 Å². The fourth-order valence-corrected chi connectivity index (χ4v) is 3.22. The van der Waals surface area contributed by atoms with Gasteiger partial charge in [-0.1, -0.05) is 0 Å². The van der Waals surface area contributed by atoms with Crippen molar-refractivity contribution in [2.75, 3.05) is 0 Å². The fourth-order valence-electron chi connectivity index (χ4n) is 3.22. The molecule has 0 radical (unpaired) electrons. The number of hydrogen-bond acceptors (Lipinski definition) is 0. The Morgan fingerprint density at radius 2 is 0.824 bits per heavy atom. The van der Waals surface area contributed by atoms with E-state index < -0.39 is 0 Å². The second kappa shape index (κ2) is 8.31. The van der Waals surface area contributed by atoms with E-state index in [1.165, 1.54) is 7.06 Å². The van der Waals surface area contributed by atoms with E-state index in [4.69, 9.17) is 0 Å². The first-order valence-corrected chi connectivity index (χ1v) is 7.68. The second-order valence-electron chi connectivity index (χ2n) is 7.40. The lowest BCUT2D eigenvalue weighted by Crippen LogP contribution is -2.70. The lowest BCUT2D eigenvalue weighted by atomic mass is 8.50. The Balaban J connectivity index is 4.73. The molecule has 0 amide bonds. The number of rotatable bonds is 7. The molecule has 0 rings (SSSR count). The SMILES string of the molecule is BB(B)B(B)B(BB(B(B)B)B(B)B)B(B)B. The molecule has 0 bridgehead atoms. The van der Waals surface area contributed by atoms with E-state index in [1.54, 1.807) is 0 Å². The highest BCUT2D eigenvalue weighted by atomic mass is 13.1. The third kappa shape index (κ3) is 6.19. The molecule has 17 heavy (non-hydrogen) atoms. The van der Waals surface area contributed by atoms with Gasteiger partial charge in [-0.3, -0.25) is 0 Å². The van der Waals surface area contributed by atoms with Crippen LogP contribution in [-0.4, -0.2) is 121 Å². The molecule has 17 heteroatoms. The molecule has 0 aliphatic heterocycles. The molecule has 0 unspecified atom stereocenters. The van der Waals surface area contributed by atoms with Crippen molar-refractivity contribution < 1.29 is 0 Å². The van der Waals surface area contributed by atoms with E-state index in [-0.39, 0.29) is 0 Å².